The van der Waals surface area contributed by atoms with Gasteiger partial charge in [0.15, 0.2) is 0 Å². The lowest BCUT2D eigenvalue weighted by Gasteiger charge is -2.15. The number of aryl methyl sites for hydroxylation is 1. The van der Waals surface area contributed by atoms with Gasteiger partial charge in [-0.25, -0.2) is 4.98 Å². The van der Waals surface area contributed by atoms with E-state index >= 15 is 0 Å². The van der Waals surface area contributed by atoms with Crippen molar-refractivity contribution < 1.29 is 4.79 Å². The van der Waals surface area contributed by atoms with Crippen LogP contribution in [0, 0.1) is 6.92 Å². The molecule has 0 aliphatic carbocycles. The molecule has 1 amide bonds. The van der Waals surface area contributed by atoms with Crippen molar-refractivity contribution in [2.24, 2.45) is 0 Å². The molecular formula is C11H13ClN2O. The molecule has 1 aliphatic rings. The molecule has 0 bridgehead atoms. The third-order valence-corrected chi connectivity index (χ3v) is 3.05. The van der Waals surface area contributed by atoms with Gasteiger partial charge in [0.2, 0.25) is 0 Å². The quantitative estimate of drug-likeness (QED) is 0.686. The van der Waals surface area contributed by atoms with Crippen molar-refractivity contribution in [2.45, 2.75) is 19.8 Å². The predicted molar refractivity (Wildman–Crippen MR) is 59.1 cm³/mol. The standard InChI is InChI=1S/C11H13ClN2O/c1-8-6-9(7-13-10(8)12)11(15)14-4-2-3-5-14/h6-7H,2-5H2,1H3. The average molecular weight is 225 g/mol. The van der Waals surface area contributed by atoms with Crippen LogP contribution in [0.1, 0.15) is 28.8 Å². The SMILES string of the molecule is Cc1cc(C(=O)N2CCCC2)cnc1Cl. The number of carbonyl (C=O) groups is 1. The highest BCUT2D eigenvalue weighted by atomic mass is 35.5. The normalized spacial score (nSPS) is 15.7. The second-order valence-corrected chi connectivity index (χ2v) is 4.19. The summed E-state index contributed by atoms with van der Waals surface area (Å²) in [6, 6.07) is 1.80. The van der Waals surface area contributed by atoms with E-state index < -0.39 is 0 Å². The molecule has 0 aromatic carbocycles. The van der Waals surface area contributed by atoms with Crippen LogP contribution < -0.4 is 0 Å². The summed E-state index contributed by atoms with van der Waals surface area (Å²) in [5, 5.41) is 0.466. The summed E-state index contributed by atoms with van der Waals surface area (Å²) in [7, 11) is 0. The number of aromatic nitrogens is 1. The number of likely N-dealkylation sites (tertiary alicyclic amines) is 1. The lowest BCUT2D eigenvalue weighted by Crippen LogP contribution is -2.27. The van der Waals surface area contributed by atoms with Crippen LogP contribution >= 0.6 is 11.6 Å². The molecular weight excluding hydrogens is 212 g/mol. The fourth-order valence-electron chi connectivity index (χ4n) is 1.78. The van der Waals surface area contributed by atoms with Crippen LogP contribution in [0.15, 0.2) is 12.3 Å². The minimum absolute atomic E-state index is 0.0692. The van der Waals surface area contributed by atoms with Crippen LogP contribution in [0.5, 0.6) is 0 Å². The summed E-state index contributed by atoms with van der Waals surface area (Å²) in [5.74, 6) is 0.0692. The third kappa shape index (κ3) is 2.12. The van der Waals surface area contributed by atoms with Crippen molar-refractivity contribution in [2.75, 3.05) is 13.1 Å². The van der Waals surface area contributed by atoms with Crippen molar-refractivity contribution in [3.63, 3.8) is 0 Å². The van der Waals surface area contributed by atoms with Gasteiger partial charge in [0.05, 0.1) is 5.56 Å². The predicted octanol–water partition coefficient (Wildman–Crippen LogP) is 2.28. The monoisotopic (exact) mass is 224 g/mol. The number of carbonyl (C=O) groups excluding carboxylic acids is 1. The Bertz CT molecular complexity index is 386. The molecule has 0 radical (unpaired) electrons. The Labute approximate surface area is 94.1 Å². The summed E-state index contributed by atoms with van der Waals surface area (Å²) in [5.41, 5.74) is 1.49. The second-order valence-electron chi connectivity index (χ2n) is 3.83. The first kappa shape index (κ1) is 10.4. The molecule has 2 rings (SSSR count). The van der Waals surface area contributed by atoms with Gasteiger partial charge in [0, 0.05) is 19.3 Å². The van der Waals surface area contributed by atoms with E-state index in [0.717, 1.165) is 31.5 Å². The number of pyridine rings is 1. The van der Waals surface area contributed by atoms with Gasteiger partial charge in [-0.05, 0) is 31.4 Å². The molecule has 0 atom stereocenters. The Hall–Kier alpha value is -1.09. The zero-order valence-corrected chi connectivity index (χ0v) is 9.42. The summed E-state index contributed by atoms with van der Waals surface area (Å²) in [4.78, 5) is 17.8. The zero-order chi connectivity index (χ0) is 10.8. The largest absolute Gasteiger partial charge is 0.339 e. The van der Waals surface area contributed by atoms with Crippen molar-refractivity contribution in [1.82, 2.24) is 9.88 Å². The Kier molecular flexibility index (Phi) is 2.91. The van der Waals surface area contributed by atoms with Crippen molar-refractivity contribution in [1.29, 1.82) is 0 Å². The lowest BCUT2D eigenvalue weighted by atomic mass is 10.2. The highest BCUT2D eigenvalue weighted by Crippen LogP contribution is 2.16. The van der Waals surface area contributed by atoms with Gasteiger partial charge in [0.1, 0.15) is 5.15 Å². The van der Waals surface area contributed by atoms with Crippen LogP contribution in [0.25, 0.3) is 0 Å². The molecule has 1 saturated heterocycles. The maximum atomic E-state index is 12.0. The number of amides is 1. The van der Waals surface area contributed by atoms with Gasteiger partial charge in [-0.3, -0.25) is 4.79 Å². The smallest absolute Gasteiger partial charge is 0.255 e. The van der Waals surface area contributed by atoms with Crippen molar-refractivity contribution in [3.05, 3.63) is 28.5 Å². The van der Waals surface area contributed by atoms with E-state index in [4.69, 9.17) is 11.6 Å². The number of halogens is 1. The lowest BCUT2D eigenvalue weighted by molar-refractivity contribution is 0.0792. The topological polar surface area (TPSA) is 33.2 Å². The van der Waals surface area contributed by atoms with E-state index in [-0.39, 0.29) is 5.91 Å². The number of rotatable bonds is 1. The Morgan fingerprint density at radius 1 is 1.47 bits per heavy atom. The minimum atomic E-state index is 0.0692. The van der Waals surface area contributed by atoms with Gasteiger partial charge in [-0.1, -0.05) is 11.6 Å². The Morgan fingerprint density at radius 2 is 2.13 bits per heavy atom. The molecule has 0 spiro atoms. The van der Waals surface area contributed by atoms with Crippen LogP contribution in [-0.2, 0) is 0 Å². The molecule has 0 N–H and O–H groups in total. The molecule has 0 unspecified atom stereocenters. The summed E-state index contributed by atoms with van der Waals surface area (Å²) >= 11 is 5.81. The maximum Gasteiger partial charge on any atom is 0.255 e. The highest BCUT2D eigenvalue weighted by molar-refractivity contribution is 6.30. The van der Waals surface area contributed by atoms with E-state index in [1.807, 2.05) is 11.8 Å². The van der Waals surface area contributed by atoms with E-state index in [1.54, 1.807) is 12.3 Å². The Morgan fingerprint density at radius 3 is 2.73 bits per heavy atom. The maximum absolute atomic E-state index is 12.0. The van der Waals surface area contributed by atoms with Crippen LogP contribution in [0.3, 0.4) is 0 Å². The molecule has 2 heterocycles. The van der Waals surface area contributed by atoms with Crippen molar-refractivity contribution in [3.8, 4) is 0 Å². The first-order chi connectivity index (χ1) is 7.18. The molecule has 80 valence electrons. The minimum Gasteiger partial charge on any atom is -0.339 e. The van der Waals surface area contributed by atoms with Crippen LogP contribution in [0.2, 0.25) is 5.15 Å². The molecule has 3 nitrogen and oxygen atoms in total. The molecule has 15 heavy (non-hydrogen) atoms. The first-order valence-electron chi connectivity index (χ1n) is 5.10. The van der Waals surface area contributed by atoms with E-state index in [9.17, 15) is 4.79 Å². The molecule has 4 heteroatoms. The third-order valence-electron chi connectivity index (χ3n) is 2.65. The highest BCUT2D eigenvalue weighted by Gasteiger charge is 2.19. The van der Waals surface area contributed by atoms with Crippen LogP contribution in [-0.4, -0.2) is 28.9 Å². The fraction of sp³-hybridized carbons (Fsp3) is 0.455. The molecule has 0 saturated carbocycles. The summed E-state index contributed by atoms with van der Waals surface area (Å²) < 4.78 is 0. The number of hydrogen-bond donors (Lipinski definition) is 0. The summed E-state index contributed by atoms with van der Waals surface area (Å²) in [6.45, 7) is 3.58. The van der Waals surface area contributed by atoms with E-state index in [2.05, 4.69) is 4.98 Å². The van der Waals surface area contributed by atoms with Gasteiger partial charge < -0.3 is 4.90 Å². The van der Waals surface area contributed by atoms with Crippen LogP contribution in [0.4, 0.5) is 0 Å². The van der Waals surface area contributed by atoms with E-state index in [0.29, 0.717) is 10.7 Å². The second kappa shape index (κ2) is 4.19. The van der Waals surface area contributed by atoms with Gasteiger partial charge in [0.25, 0.3) is 5.91 Å². The first-order valence-corrected chi connectivity index (χ1v) is 5.47. The van der Waals surface area contributed by atoms with Gasteiger partial charge in [-0.15, -0.1) is 0 Å². The van der Waals surface area contributed by atoms with E-state index in [1.165, 1.54) is 0 Å². The fourth-order valence-corrected chi connectivity index (χ4v) is 1.88. The number of hydrogen-bond acceptors (Lipinski definition) is 2. The number of nitrogens with zero attached hydrogens (tertiary/aromatic N) is 2. The molecule has 1 aromatic rings. The van der Waals surface area contributed by atoms with Crippen molar-refractivity contribution >= 4 is 17.5 Å². The zero-order valence-electron chi connectivity index (χ0n) is 8.66. The molecule has 1 aliphatic heterocycles. The molecule has 1 fully saturated rings. The average Bonchev–Trinajstić information content (AvgIpc) is 2.74. The van der Waals surface area contributed by atoms with Gasteiger partial charge in [-0.2, -0.15) is 0 Å². The summed E-state index contributed by atoms with van der Waals surface area (Å²) in [6.07, 6.45) is 3.76. The Balaban J connectivity index is 2.21. The van der Waals surface area contributed by atoms with Gasteiger partial charge >= 0.3 is 0 Å². The molecule has 1 aromatic heterocycles.